The molecule has 4 nitrogen and oxygen atoms in total. The Kier molecular flexibility index (Phi) is 12.4. The molecule has 0 aliphatic carbocycles. The standard InChI is InChI=1S/C23H35BrN4/c1-6-9-12-21(7-2)23(28-19(5)22(24)17-25-8-3)14-18(4)27-16-20-11-10-13-26-15-20/h10-11,13-15,17,21,27H,6-9,12,16H2,1-5H3/b18-14+,22-19-,25-17?,28-23+. The first-order chi connectivity index (χ1) is 13.5. The predicted octanol–water partition coefficient (Wildman–Crippen LogP) is 6.45. The summed E-state index contributed by atoms with van der Waals surface area (Å²) >= 11 is 3.60. The molecular formula is C23H35BrN4. The quantitative estimate of drug-likeness (QED) is 0.375. The van der Waals surface area contributed by atoms with Crippen LogP contribution >= 0.6 is 15.9 Å². The van der Waals surface area contributed by atoms with Gasteiger partial charge in [0.15, 0.2) is 0 Å². The lowest BCUT2D eigenvalue weighted by Crippen LogP contribution is -2.17. The number of nitrogens with zero attached hydrogens (tertiary/aromatic N) is 3. The minimum absolute atomic E-state index is 0.452. The monoisotopic (exact) mass is 446 g/mol. The van der Waals surface area contributed by atoms with E-state index in [-0.39, 0.29) is 0 Å². The summed E-state index contributed by atoms with van der Waals surface area (Å²) in [4.78, 5) is 13.5. The fourth-order valence-corrected chi connectivity index (χ4v) is 3.02. The smallest absolute Gasteiger partial charge is 0.0565 e. The Labute approximate surface area is 179 Å². The van der Waals surface area contributed by atoms with Crippen LogP contribution in [0, 0.1) is 5.92 Å². The van der Waals surface area contributed by atoms with Crippen molar-refractivity contribution in [2.75, 3.05) is 6.54 Å². The molecule has 0 amide bonds. The van der Waals surface area contributed by atoms with Crippen molar-refractivity contribution in [1.82, 2.24) is 10.3 Å². The third-order valence-electron chi connectivity index (χ3n) is 4.51. The van der Waals surface area contributed by atoms with Crippen LogP contribution in [0.3, 0.4) is 0 Å². The van der Waals surface area contributed by atoms with E-state index in [9.17, 15) is 0 Å². The second kappa shape index (κ2) is 14.3. The Balaban J connectivity index is 3.07. The van der Waals surface area contributed by atoms with Crippen LogP contribution in [0.15, 0.2) is 56.5 Å². The molecule has 0 fully saturated rings. The van der Waals surface area contributed by atoms with E-state index in [1.165, 1.54) is 18.4 Å². The van der Waals surface area contributed by atoms with Crippen molar-refractivity contribution in [3.8, 4) is 0 Å². The van der Waals surface area contributed by atoms with Crippen molar-refractivity contribution in [3.63, 3.8) is 0 Å². The van der Waals surface area contributed by atoms with Gasteiger partial charge in [-0.15, -0.1) is 0 Å². The van der Waals surface area contributed by atoms with Crippen LogP contribution in [0.2, 0.25) is 0 Å². The van der Waals surface area contributed by atoms with Gasteiger partial charge in [0, 0.05) is 49.0 Å². The van der Waals surface area contributed by atoms with E-state index in [2.05, 4.69) is 64.1 Å². The summed E-state index contributed by atoms with van der Waals surface area (Å²) in [6.45, 7) is 12.2. The van der Waals surface area contributed by atoms with Gasteiger partial charge in [-0.25, -0.2) is 0 Å². The lowest BCUT2D eigenvalue weighted by Gasteiger charge is -2.17. The van der Waals surface area contributed by atoms with Crippen molar-refractivity contribution in [1.29, 1.82) is 0 Å². The Bertz CT molecular complexity index is 690. The van der Waals surface area contributed by atoms with Crippen LogP contribution in [0.5, 0.6) is 0 Å². The molecular weight excluding hydrogens is 412 g/mol. The average molecular weight is 447 g/mol. The summed E-state index contributed by atoms with van der Waals surface area (Å²) in [7, 11) is 0. The lowest BCUT2D eigenvalue weighted by molar-refractivity contribution is 0.568. The Morgan fingerprint density at radius 3 is 2.68 bits per heavy atom. The fourth-order valence-electron chi connectivity index (χ4n) is 2.78. The van der Waals surface area contributed by atoms with Crippen LogP contribution in [0.25, 0.3) is 0 Å². The molecule has 0 aliphatic rings. The van der Waals surface area contributed by atoms with Crippen LogP contribution in [0.1, 0.15) is 65.9 Å². The zero-order chi connectivity index (χ0) is 20.8. The van der Waals surface area contributed by atoms with Crippen LogP contribution < -0.4 is 5.32 Å². The maximum Gasteiger partial charge on any atom is 0.0565 e. The Hall–Kier alpha value is -1.75. The molecule has 1 rings (SSSR count). The fraction of sp³-hybridized carbons (Fsp3) is 0.522. The number of hydrogen-bond acceptors (Lipinski definition) is 4. The molecule has 0 saturated carbocycles. The van der Waals surface area contributed by atoms with E-state index in [1.54, 1.807) is 6.20 Å². The number of aromatic nitrogens is 1. The van der Waals surface area contributed by atoms with Crippen LogP contribution in [-0.2, 0) is 6.54 Å². The molecule has 0 bridgehead atoms. The van der Waals surface area contributed by atoms with Crippen molar-refractivity contribution >= 4 is 27.9 Å². The second-order valence-corrected chi connectivity index (χ2v) is 7.74. The normalized spacial score (nSPS) is 14.9. The highest BCUT2D eigenvalue weighted by molar-refractivity contribution is 9.12. The molecule has 0 radical (unpaired) electrons. The number of halogens is 1. The largest absolute Gasteiger partial charge is 0.384 e. The molecule has 1 N–H and O–H groups in total. The molecule has 0 spiro atoms. The van der Waals surface area contributed by atoms with Crippen LogP contribution in [0.4, 0.5) is 0 Å². The van der Waals surface area contributed by atoms with Gasteiger partial charge in [-0.1, -0.05) is 32.8 Å². The highest BCUT2D eigenvalue weighted by Crippen LogP contribution is 2.20. The highest BCUT2D eigenvalue weighted by atomic mass is 79.9. The van der Waals surface area contributed by atoms with E-state index in [0.717, 1.165) is 47.5 Å². The van der Waals surface area contributed by atoms with Crippen molar-refractivity contribution in [2.24, 2.45) is 15.9 Å². The van der Waals surface area contributed by atoms with Gasteiger partial charge in [-0.2, -0.15) is 0 Å². The summed E-state index contributed by atoms with van der Waals surface area (Å²) in [6, 6.07) is 4.04. The molecule has 1 heterocycles. The molecule has 28 heavy (non-hydrogen) atoms. The molecule has 154 valence electrons. The zero-order valence-electron chi connectivity index (χ0n) is 18.0. The number of allylic oxidation sites excluding steroid dienone is 4. The first-order valence-corrected chi connectivity index (χ1v) is 11.1. The maximum atomic E-state index is 4.98. The van der Waals surface area contributed by atoms with Crippen LogP contribution in [-0.4, -0.2) is 23.5 Å². The second-order valence-electron chi connectivity index (χ2n) is 6.89. The van der Waals surface area contributed by atoms with Gasteiger partial charge >= 0.3 is 0 Å². The zero-order valence-corrected chi connectivity index (χ0v) is 19.6. The topological polar surface area (TPSA) is 49.6 Å². The number of unbranched alkanes of at least 4 members (excludes halogenated alkanes) is 1. The van der Waals surface area contributed by atoms with Gasteiger partial charge < -0.3 is 5.32 Å². The number of pyridine rings is 1. The third kappa shape index (κ3) is 9.45. The number of hydrogen-bond donors (Lipinski definition) is 1. The summed E-state index contributed by atoms with van der Waals surface area (Å²) < 4.78 is 0.937. The van der Waals surface area contributed by atoms with E-state index >= 15 is 0 Å². The summed E-state index contributed by atoms with van der Waals surface area (Å²) in [5.74, 6) is 0.452. The Morgan fingerprint density at radius 1 is 1.29 bits per heavy atom. The maximum absolute atomic E-state index is 4.98. The minimum atomic E-state index is 0.452. The van der Waals surface area contributed by atoms with E-state index in [4.69, 9.17) is 4.99 Å². The van der Waals surface area contributed by atoms with Gasteiger partial charge in [-0.05, 0) is 67.2 Å². The molecule has 5 heteroatoms. The summed E-state index contributed by atoms with van der Waals surface area (Å²) in [5.41, 5.74) is 4.37. The van der Waals surface area contributed by atoms with Gasteiger partial charge in [0.2, 0.25) is 0 Å². The van der Waals surface area contributed by atoms with E-state index < -0.39 is 0 Å². The van der Waals surface area contributed by atoms with Gasteiger partial charge in [0.05, 0.1) is 10.2 Å². The number of nitrogens with one attached hydrogen (secondary N) is 1. The van der Waals surface area contributed by atoms with Gasteiger partial charge in [-0.3, -0.25) is 15.0 Å². The van der Waals surface area contributed by atoms with E-state index in [0.29, 0.717) is 5.92 Å². The minimum Gasteiger partial charge on any atom is -0.384 e. The third-order valence-corrected chi connectivity index (χ3v) is 5.28. The summed E-state index contributed by atoms with van der Waals surface area (Å²) in [5, 5.41) is 3.49. The number of rotatable bonds is 12. The molecule has 0 aromatic carbocycles. The highest BCUT2D eigenvalue weighted by Gasteiger charge is 2.13. The van der Waals surface area contributed by atoms with Crippen molar-refractivity contribution in [2.45, 2.75) is 66.8 Å². The van der Waals surface area contributed by atoms with Crippen molar-refractivity contribution < 1.29 is 0 Å². The molecule has 0 saturated heterocycles. The molecule has 1 aromatic heterocycles. The molecule has 1 atom stereocenters. The first kappa shape index (κ1) is 24.3. The first-order valence-electron chi connectivity index (χ1n) is 10.3. The SMILES string of the molecule is CCCCC(CC)C(/C=C(\C)NCc1cccnc1)=N/C(C)=C(\Br)C=NCC. The lowest BCUT2D eigenvalue weighted by atomic mass is 9.93. The number of aliphatic imine (C=N–C) groups is 2. The van der Waals surface area contributed by atoms with Gasteiger partial charge in [0.1, 0.15) is 0 Å². The molecule has 0 aliphatic heterocycles. The Morgan fingerprint density at radius 2 is 2.07 bits per heavy atom. The van der Waals surface area contributed by atoms with Gasteiger partial charge in [0.25, 0.3) is 0 Å². The molecule has 1 aromatic rings. The average Bonchev–Trinajstić information content (AvgIpc) is 2.71. The predicted molar refractivity (Wildman–Crippen MR) is 126 cm³/mol. The summed E-state index contributed by atoms with van der Waals surface area (Å²) in [6.07, 6.45) is 12.4. The van der Waals surface area contributed by atoms with E-state index in [1.807, 2.05) is 32.3 Å². The molecule has 1 unspecified atom stereocenters. The van der Waals surface area contributed by atoms with Crippen molar-refractivity contribution in [3.05, 3.63) is 52.0 Å².